The van der Waals surface area contributed by atoms with Crippen molar-refractivity contribution < 1.29 is 9.53 Å². The highest BCUT2D eigenvalue weighted by Crippen LogP contribution is 2.14. The number of rotatable bonds is 4. The molecule has 0 radical (unpaired) electrons. The lowest BCUT2D eigenvalue weighted by Gasteiger charge is -2.13. The quantitative estimate of drug-likeness (QED) is 0.919. The van der Waals surface area contributed by atoms with Crippen LogP contribution >= 0.6 is 11.6 Å². The molecule has 1 atom stereocenters. The first-order valence-electron chi connectivity index (χ1n) is 7.81. The van der Waals surface area contributed by atoms with Crippen LogP contribution in [0.4, 0.5) is 0 Å². The van der Waals surface area contributed by atoms with Crippen LogP contribution in [0.5, 0.6) is 0 Å². The van der Waals surface area contributed by atoms with Crippen molar-refractivity contribution >= 4 is 17.5 Å². The number of aromatic nitrogens is 2. The molecule has 24 heavy (non-hydrogen) atoms. The van der Waals surface area contributed by atoms with Crippen LogP contribution in [0.2, 0.25) is 5.02 Å². The van der Waals surface area contributed by atoms with Gasteiger partial charge in [0.15, 0.2) is 5.69 Å². The Morgan fingerprint density at radius 2 is 2.17 bits per heavy atom. The monoisotopic (exact) mass is 347 g/mol. The summed E-state index contributed by atoms with van der Waals surface area (Å²) in [6, 6.07) is 8.42. The molecule has 1 saturated heterocycles. The van der Waals surface area contributed by atoms with Gasteiger partial charge in [0.25, 0.3) is 5.91 Å². The third-order valence-corrected chi connectivity index (χ3v) is 4.16. The maximum absolute atomic E-state index is 12.3. The summed E-state index contributed by atoms with van der Waals surface area (Å²) in [5.41, 5.74) is 0.833. The number of hydrogen-bond acceptors (Lipinski definition) is 4. The minimum Gasteiger partial charge on any atom is -0.376 e. The van der Waals surface area contributed by atoms with E-state index in [0.29, 0.717) is 23.9 Å². The fourth-order valence-electron chi connectivity index (χ4n) is 2.64. The van der Waals surface area contributed by atoms with Crippen molar-refractivity contribution in [3.05, 3.63) is 57.0 Å². The Morgan fingerprint density at radius 1 is 1.42 bits per heavy atom. The van der Waals surface area contributed by atoms with Gasteiger partial charge < -0.3 is 10.1 Å². The van der Waals surface area contributed by atoms with E-state index >= 15 is 0 Å². The first-order chi connectivity index (χ1) is 11.5. The van der Waals surface area contributed by atoms with E-state index in [1.165, 1.54) is 6.07 Å². The van der Waals surface area contributed by atoms with Crippen molar-refractivity contribution in [1.82, 2.24) is 15.1 Å². The average Bonchev–Trinajstić information content (AvgIpc) is 3.07. The molecule has 2 aromatic rings. The lowest BCUT2D eigenvalue weighted by molar-refractivity contribution is 0.0851. The minimum atomic E-state index is -0.488. The third-order valence-electron chi connectivity index (χ3n) is 3.91. The van der Waals surface area contributed by atoms with E-state index < -0.39 is 11.3 Å². The van der Waals surface area contributed by atoms with Gasteiger partial charge in [-0.3, -0.25) is 9.59 Å². The van der Waals surface area contributed by atoms with Gasteiger partial charge in [0, 0.05) is 29.9 Å². The summed E-state index contributed by atoms with van der Waals surface area (Å²) in [6.07, 6.45) is 1.92. The highest BCUT2D eigenvalue weighted by Gasteiger charge is 2.19. The average molecular weight is 348 g/mol. The van der Waals surface area contributed by atoms with Crippen LogP contribution in [-0.2, 0) is 4.74 Å². The lowest BCUT2D eigenvalue weighted by Crippen LogP contribution is -2.36. The molecule has 1 aliphatic rings. The molecular formula is C17H18ClN3O3. The molecule has 1 fully saturated rings. The van der Waals surface area contributed by atoms with Crippen LogP contribution < -0.4 is 10.7 Å². The number of carbonyl (C=O) groups is 1. The van der Waals surface area contributed by atoms with Crippen molar-refractivity contribution in [1.29, 1.82) is 0 Å². The smallest absolute Gasteiger partial charge is 0.275 e. The molecule has 1 amide bonds. The molecular weight excluding hydrogens is 330 g/mol. The Bertz CT molecular complexity index is 796. The van der Waals surface area contributed by atoms with E-state index in [9.17, 15) is 9.59 Å². The van der Waals surface area contributed by atoms with Crippen molar-refractivity contribution in [2.45, 2.75) is 25.9 Å². The second-order valence-electron chi connectivity index (χ2n) is 5.73. The molecule has 0 spiro atoms. The Balaban J connectivity index is 1.84. The van der Waals surface area contributed by atoms with Crippen molar-refractivity contribution in [2.75, 3.05) is 13.2 Å². The number of benzene rings is 1. The minimum absolute atomic E-state index is 0.0119. The van der Waals surface area contributed by atoms with Crippen LogP contribution in [-0.4, -0.2) is 34.9 Å². The number of aryl methyl sites for hydroxylation is 1. The molecule has 1 aliphatic heterocycles. The second kappa shape index (κ2) is 7.15. The Kier molecular flexibility index (Phi) is 4.97. The van der Waals surface area contributed by atoms with Gasteiger partial charge in [-0.2, -0.15) is 5.10 Å². The summed E-state index contributed by atoms with van der Waals surface area (Å²) in [5, 5.41) is 7.56. The fraction of sp³-hybridized carbons (Fsp3) is 0.353. The van der Waals surface area contributed by atoms with E-state index in [0.717, 1.165) is 18.5 Å². The van der Waals surface area contributed by atoms with Crippen LogP contribution in [0, 0.1) is 6.92 Å². The zero-order valence-electron chi connectivity index (χ0n) is 13.3. The van der Waals surface area contributed by atoms with Gasteiger partial charge >= 0.3 is 0 Å². The fourth-order valence-corrected chi connectivity index (χ4v) is 2.77. The Labute approximate surface area is 144 Å². The van der Waals surface area contributed by atoms with Gasteiger partial charge in [-0.1, -0.05) is 11.6 Å². The molecule has 7 heteroatoms. The molecule has 126 valence electrons. The van der Waals surface area contributed by atoms with Gasteiger partial charge in [0.1, 0.15) is 0 Å². The zero-order valence-corrected chi connectivity index (χ0v) is 14.0. The summed E-state index contributed by atoms with van der Waals surface area (Å²) in [4.78, 5) is 24.4. The highest BCUT2D eigenvalue weighted by molar-refractivity contribution is 6.30. The first-order valence-corrected chi connectivity index (χ1v) is 8.19. The molecule has 3 rings (SSSR count). The second-order valence-corrected chi connectivity index (χ2v) is 6.17. The largest absolute Gasteiger partial charge is 0.376 e. The normalized spacial score (nSPS) is 17.0. The van der Waals surface area contributed by atoms with Crippen molar-refractivity contribution in [3.8, 4) is 5.69 Å². The van der Waals surface area contributed by atoms with Gasteiger partial charge in [0.2, 0.25) is 5.43 Å². The predicted molar refractivity (Wildman–Crippen MR) is 90.9 cm³/mol. The van der Waals surface area contributed by atoms with Crippen molar-refractivity contribution in [2.24, 2.45) is 0 Å². The van der Waals surface area contributed by atoms with Crippen LogP contribution in [0.25, 0.3) is 5.69 Å². The highest BCUT2D eigenvalue weighted by atomic mass is 35.5. The lowest BCUT2D eigenvalue weighted by atomic mass is 10.2. The number of nitrogens with one attached hydrogen (secondary N) is 1. The van der Waals surface area contributed by atoms with Crippen LogP contribution in [0.1, 0.15) is 29.0 Å². The maximum atomic E-state index is 12.3. The predicted octanol–water partition coefficient (Wildman–Crippen LogP) is 2.10. The van der Waals surface area contributed by atoms with E-state index in [2.05, 4.69) is 10.4 Å². The number of nitrogens with zero attached hydrogens (tertiary/aromatic N) is 2. The number of ether oxygens (including phenoxy) is 1. The van der Waals surface area contributed by atoms with Crippen LogP contribution in [0.3, 0.4) is 0 Å². The number of hydrogen-bond donors (Lipinski definition) is 1. The molecule has 1 aromatic heterocycles. The molecule has 0 aliphatic carbocycles. The van der Waals surface area contributed by atoms with Gasteiger partial charge in [-0.25, -0.2) is 4.68 Å². The standard InChI is InChI=1S/C17H18ClN3O3/c1-11-9-15(22)16(17(23)19-10-14-3-2-8-24-14)20-21(11)13-6-4-12(18)5-7-13/h4-7,9,14H,2-3,8,10H2,1H3,(H,19,23)/t14-/m1/s1. The summed E-state index contributed by atoms with van der Waals surface area (Å²) >= 11 is 5.89. The van der Waals surface area contributed by atoms with E-state index in [1.807, 2.05) is 0 Å². The topological polar surface area (TPSA) is 73.2 Å². The zero-order chi connectivity index (χ0) is 17.1. The van der Waals surface area contributed by atoms with E-state index in [1.54, 1.807) is 35.9 Å². The Morgan fingerprint density at radius 3 is 2.83 bits per heavy atom. The third kappa shape index (κ3) is 3.66. The summed E-state index contributed by atoms with van der Waals surface area (Å²) in [5.74, 6) is -0.488. The van der Waals surface area contributed by atoms with Crippen LogP contribution in [0.15, 0.2) is 35.1 Å². The number of carbonyl (C=O) groups excluding carboxylic acids is 1. The maximum Gasteiger partial charge on any atom is 0.275 e. The van der Waals surface area contributed by atoms with E-state index in [-0.39, 0.29) is 11.8 Å². The molecule has 0 bridgehead atoms. The SMILES string of the molecule is Cc1cc(=O)c(C(=O)NC[C@H]2CCCO2)nn1-c1ccc(Cl)cc1. The molecule has 0 unspecified atom stereocenters. The van der Waals surface area contributed by atoms with Gasteiger partial charge in [0.05, 0.1) is 11.8 Å². The number of amides is 1. The van der Waals surface area contributed by atoms with Crippen molar-refractivity contribution in [3.63, 3.8) is 0 Å². The molecule has 6 nitrogen and oxygen atoms in total. The molecule has 2 heterocycles. The first kappa shape index (κ1) is 16.7. The molecule has 1 N–H and O–H groups in total. The van der Waals surface area contributed by atoms with Gasteiger partial charge in [-0.15, -0.1) is 0 Å². The molecule has 1 aromatic carbocycles. The Hall–Kier alpha value is -2.18. The summed E-state index contributed by atoms with van der Waals surface area (Å²) in [7, 11) is 0. The molecule has 0 saturated carbocycles. The summed E-state index contributed by atoms with van der Waals surface area (Å²) in [6.45, 7) is 2.86. The summed E-state index contributed by atoms with van der Waals surface area (Å²) < 4.78 is 7.02. The number of halogens is 1. The van der Waals surface area contributed by atoms with E-state index in [4.69, 9.17) is 16.3 Å². The van der Waals surface area contributed by atoms with Gasteiger partial charge in [-0.05, 0) is 44.0 Å².